The van der Waals surface area contributed by atoms with E-state index in [-0.39, 0.29) is 17.3 Å². The van der Waals surface area contributed by atoms with Crippen molar-refractivity contribution in [3.8, 4) is 0 Å². The molecule has 6 heteroatoms. The van der Waals surface area contributed by atoms with Crippen molar-refractivity contribution in [1.82, 2.24) is 5.12 Å². The summed E-state index contributed by atoms with van der Waals surface area (Å²) in [7, 11) is 0. The summed E-state index contributed by atoms with van der Waals surface area (Å²) in [5, 5.41) is 8.78. The summed E-state index contributed by atoms with van der Waals surface area (Å²) < 4.78 is 13.2. The van der Waals surface area contributed by atoms with E-state index in [0.717, 1.165) is 5.12 Å². The third kappa shape index (κ3) is 1.95. The zero-order valence-electron chi connectivity index (χ0n) is 11.2. The first-order valence-corrected chi connectivity index (χ1v) is 6.10. The predicted molar refractivity (Wildman–Crippen MR) is 76.6 cm³/mol. The predicted octanol–water partition coefficient (Wildman–Crippen LogP) is 2.60. The van der Waals surface area contributed by atoms with Crippen molar-refractivity contribution in [3.05, 3.63) is 47.5 Å². The summed E-state index contributed by atoms with van der Waals surface area (Å²) >= 11 is 0. The zero-order valence-corrected chi connectivity index (χ0v) is 11.2. The van der Waals surface area contributed by atoms with Gasteiger partial charge in [0.2, 0.25) is 5.78 Å². The van der Waals surface area contributed by atoms with Crippen molar-refractivity contribution in [1.29, 1.82) is 0 Å². The number of benzene rings is 1. The minimum atomic E-state index is -0.437. The van der Waals surface area contributed by atoms with E-state index < -0.39 is 5.82 Å². The van der Waals surface area contributed by atoms with Gasteiger partial charge in [-0.05, 0) is 18.2 Å². The van der Waals surface area contributed by atoms with E-state index >= 15 is 0 Å². The van der Waals surface area contributed by atoms with Crippen LogP contribution < -0.4 is 0 Å². The number of rotatable bonds is 1. The molecule has 0 saturated carbocycles. The number of fused-ring (bicyclic) bond motifs is 3. The number of nitrogens with zero attached hydrogens (tertiary/aromatic N) is 4. The van der Waals surface area contributed by atoms with E-state index in [4.69, 9.17) is 0 Å². The van der Waals surface area contributed by atoms with E-state index in [1.807, 2.05) is 13.8 Å². The minimum absolute atomic E-state index is 0.167. The van der Waals surface area contributed by atoms with E-state index in [2.05, 4.69) is 28.5 Å². The van der Waals surface area contributed by atoms with Gasteiger partial charge in [0.1, 0.15) is 17.2 Å². The van der Waals surface area contributed by atoms with Crippen LogP contribution in [-0.2, 0) is 0 Å². The van der Waals surface area contributed by atoms with Crippen LogP contribution >= 0.6 is 0 Å². The Morgan fingerprint density at radius 3 is 2.60 bits per heavy atom. The lowest BCUT2D eigenvalue weighted by molar-refractivity contribution is 0.106. The summed E-state index contributed by atoms with van der Waals surface area (Å²) in [6.07, 6.45) is 0. The van der Waals surface area contributed by atoms with Gasteiger partial charge in [0.15, 0.2) is 5.82 Å². The smallest absolute Gasteiger partial charge is 0.214 e. The molecule has 0 saturated heterocycles. The molecule has 1 aromatic carbocycles. The van der Waals surface area contributed by atoms with Crippen LogP contribution in [-0.4, -0.2) is 29.0 Å². The van der Waals surface area contributed by atoms with E-state index in [0.29, 0.717) is 16.8 Å². The van der Waals surface area contributed by atoms with Crippen LogP contribution in [0.15, 0.2) is 45.8 Å². The molecule has 1 aliphatic carbocycles. The number of hydrogen-bond acceptors (Lipinski definition) is 5. The first-order valence-electron chi connectivity index (χ1n) is 6.10. The highest BCUT2D eigenvalue weighted by molar-refractivity contribution is 6.78. The molecule has 0 N–H and O–H groups in total. The van der Waals surface area contributed by atoms with Crippen molar-refractivity contribution < 1.29 is 9.18 Å². The van der Waals surface area contributed by atoms with Crippen LogP contribution in [0.5, 0.6) is 0 Å². The monoisotopic (exact) mass is 272 g/mol. The molecule has 0 amide bonds. The highest BCUT2D eigenvalue weighted by Crippen LogP contribution is 2.27. The average Bonchev–Trinajstić information content (AvgIpc) is 2.72. The second-order valence-corrected chi connectivity index (χ2v) is 3.78. The van der Waals surface area contributed by atoms with Crippen molar-refractivity contribution in [2.75, 3.05) is 0 Å². The van der Waals surface area contributed by atoms with Gasteiger partial charge in [-0.25, -0.2) is 9.38 Å². The molecule has 1 aliphatic heterocycles. The number of Topliss-reactive ketones (excluding diaryl/α,β-unsaturated/α-hetero) is 1. The number of aliphatic imine (C=N–C) groups is 1. The number of carbonyl (C=O) groups excluding carboxylic acids is 1. The van der Waals surface area contributed by atoms with E-state index in [1.165, 1.54) is 18.2 Å². The maximum absolute atomic E-state index is 13.2. The molecule has 0 radical (unpaired) electrons. The molecule has 0 aromatic heterocycles. The van der Waals surface area contributed by atoms with Crippen LogP contribution in [0.1, 0.15) is 29.8 Å². The quantitative estimate of drug-likeness (QED) is 0.738. The van der Waals surface area contributed by atoms with Crippen LogP contribution in [0.25, 0.3) is 0 Å². The molecule has 1 heterocycles. The van der Waals surface area contributed by atoms with Gasteiger partial charge in [0.05, 0.1) is 0 Å². The van der Waals surface area contributed by atoms with Crippen LogP contribution in [0.4, 0.5) is 4.39 Å². The van der Waals surface area contributed by atoms with Crippen molar-refractivity contribution in [2.24, 2.45) is 15.2 Å². The maximum atomic E-state index is 13.2. The highest BCUT2D eigenvalue weighted by atomic mass is 19.1. The minimum Gasteiger partial charge on any atom is -0.287 e. The third-order valence-electron chi connectivity index (χ3n) is 2.72. The molecule has 5 nitrogen and oxygen atoms in total. The maximum Gasteiger partial charge on any atom is 0.214 e. The summed E-state index contributed by atoms with van der Waals surface area (Å²) in [6.45, 7) is 10.9. The summed E-state index contributed by atoms with van der Waals surface area (Å²) in [5.41, 5.74) is 1.27. The van der Waals surface area contributed by atoms with Gasteiger partial charge in [-0.2, -0.15) is 5.10 Å². The molecule has 3 rings (SSSR count). The van der Waals surface area contributed by atoms with Crippen LogP contribution in [0.2, 0.25) is 0 Å². The molecular formula is C14H13FN4O. The molecule has 0 atom stereocenters. The first-order chi connectivity index (χ1) is 9.61. The highest BCUT2D eigenvalue weighted by Gasteiger charge is 2.36. The Morgan fingerprint density at radius 2 is 1.95 bits per heavy atom. The molecule has 0 bridgehead atoms. The Morgan fingerprint density at radius 1 is 1.25 bits per heavy atom. The lowest BCUT2D eigenvalue weighted by Crippen LogP contribution is -2.25. The summed E-state index contributed by atoms with van der Waals surface area (Å²) in [6, 6.07) is 3.91. The number of hydrazone groups is 2. The van der Waals surface area contributed by atoms with Gasteiger partial charge in [-0.1, -0.05) is 20.4 Å². The lowest BCUT2D eigenvalue weighted by Gasteiger charge is -2.17. The van der Waals surface area contributed by atoms with Crippen molar-refractivity contribution in [2.45, 2.75) is 13.8 Å². The largest absolute Gasteiger partial charge is 0.287 e. The molecule has 0 unspecified atom stereocenters. The molecule has 102 valence electrons. The fourth-order valence-electron chi connectivity index (χ4n) is 1.92. The Balaban J connectivity index is 0.000000704. The Bertz CT molecular complexity index is 676. The number of halogens is 1. The van der Waals surface area contributed by atoms with Gasteiger partial charge in [0.25, 0.3) is 0 Å². The third-order valence-corrected chi connectivity index (χ3v) is 2.72. The van der Waals surface area contributed by atoms with Gasteiger partial charge < -0.3 is 0 Å². The summed E-state index contributed by atoms with van der Waals surface area (Å²) in [5.74, 6) is -0.521. The van der Waals surface area contributed by atoms with Crippen molar-refractivity contribution in [3.63, 3.8) is 0 Å². The molecule has 20 heavy (non-hydrogen) atoms. The number of ketones is 1. The first kappa shape index (κ1) is 13.8. The van der Waals surface area contributed by atoms with E-state index in [9.17, 15) is 9.18 Å². The van der Waals surface area contributed by atoms with Gasteiger partial charge in [-0.15, -0.1) is 10.2 Å². The molecule has 1 aromatic rings. The lowest BCUT2D eigenvalue weighted by atomic mass is 10.1. The molecule has 2 aliphatic rings. The SMILES string of the molecule is C=NN1N=C2C(=NC1=C)C(=O)c1ccc(F)cc12.CC. The van der Waals surface area contributed by atoms with Crippen LogP contribution in [0.3, 0.4) is 0 Å². The molecule has 0 spiro atoms. The Kier molecular flexibility index (Phi) is 3.56. The Labute approximate surface area is 115 Å². The average molecular weight is 272 g/mol. The second kappa shape index (κ2) is 5.16. The second-order valence-electron chi connectivity index (χ2n) is 3.78. The standard InChI is InChI=1S/C12H7FN4O.C2H6/c1-6-15-11-10(16-17(6)14-2)9-5-7(13)3-4-8(9)12(11)18;1-2/h3-5H,1-2H2;1-2H3. The molecule has 0 fully saturated rings. The number of hydrogen-bond donors (Lipinski definition) is 0. The summed E-state index contributed by atoms with van der Waals surface area (Å²) in [4.78, 5) is 16.1. The fraction of sp³-hybridized carbons (Fsp3) is 0.143. The normalized spacial score (nSPS) is 15.7. The van der Waals surface area contributed by atoms with Gasteiger partial charge >= 0.3 is 0 Å². The van der Waals surface area contributed by atoms with E-state index in [1.54, 1.807) is 0 Å². The number of carbonyl (C=O) groups is 1. The van der Waals surface area contributed by atoms with Crippen molar-refractivity contribution >= 4 is 23.9 Å². The fourth-order valence-corrected chi connectivity index (χ4v) is 1.92. The topological polar surface area (TPSA) is 57.4 Å². The van der Waals surface area contributed by atoms with Gasteiger partial charge in [-0.3, -0.25) is 4.79 Å². The van der Waals surface area contributed by atoms with Gasteiger partial charge in [0, 0.05) is 17.8 Å². The zero-order chi connectivity index (χ0) is 14.9. The van der Waals surface area contributed by atoms with Crippen LogP contribution in [0, 0.1) is 5.82 Å². The molecular weight excluding hydrogens is 259 g/mol. The Hall–Kier alpha value is -2.63.